The molecular weight excluding hydrogens is 362 g/mol. The van der Waals surface area contributed by atoms with E-state index in [0.717, 1.165) is 11.1 Å². The molecule has 0 saturated heterocycles. The maximum absolute atomic E-state index is 11.3. The third-order valence-corrected chi connectivity index (χ3v) is 4.00. The van der Waals surface area contributed by atoms with Crippen LogP contribution in [0, 0.1) is 0 Å². The summed E-state index contributed by atoms with van der Waals surface area (Å²) in [6, 6.07) is 5.61. The van der Waals surface area contributed by atoms with Gasteiger partial charge in [-0.15, -0.1) is 11.6 Å². The largest absolute Gasteiger partial charge is 0.496 e. The Kier molecular flexibility index (Phi) is 5.08. The second kappa shape index (κ2) is 7.44. The number of carbonyl (C=O) groups is 1. The van der Waals surface area contributed by atoms with Gasteiger partial charge in [0, 0.05) is 11.4 Å². The number of benzene rings is 1. The molecule has 2 aromatic heterocycles. The highest BCUT2D eigenvalue weighted by Crippen LogP contribution is 2.26. The maximum atomic E-state index is 11.3. The fourth-order valence-electron chi connectivity index (χ4n) is 2.50. The predicted octanol–water partition coefficient (Wildman–Crippen LogP) is 2.51. The summed E-state index contributed by atoms with van der Waals surface area (Å²) in [5.41, 5.74) is 2.48. The topological polar surface area (TPSA) is 111 Å². The van der Waals surface area contributed by atoms with Crippen molar-refractivity contribution in [3.8, 4) is 11.6 Å². The molecule has 3 aromatic rings. The number of ether oxygens (including phenoxy) is 2. The number of amides is 1. The third kappa shape index (κ3) is 3.47. The van der Waals surface area contributed by atoms with Gasteiger partial charge in [-0.2, -0.15) is 10.1 Å². The first-order valence-electron chi connectivity index (χ1n) is 7.55. The van der Waals surface area contributed by atoms with Crippen molar-refractivity contribution in [2.75, 3.05) is 19.5 Å². The minimum atomic E-state index is -0.737. The number of anilines is 1. The Bertz CT molecular complexity index is 959. The van der Waals surface area contributed by atoms with Crippen molar-refractivity contribution in [2.24, 2.45) is 0 Å². The van der Waals surface area contributed by atoms with E-state index < -0.39 is 6.09 Å². The second-order valence-corrected chi connectivity index (χ2v) is 5.57. The molecule has 0 aliphatic heterocycles. The summed E-state index contributed by atoms with van der Waals surface area (Å²) in [4.78, 5) is 19.3. The van der Waals surface area contributed by atoms with Crippen molar-refractivity contribution in [3.05, 3.63) is 35.5 Å². The highest BCUT2D eigenvalue weighted by Gasteiger charge is 2.16. The van der Waals surface area contributed by atoms with E-state index in [-0.39, 0.29) is 11.8 Å². The number of hydrogen-bond acceptors (Lipinski definition) is 7. The molecule has 9 nitrogen and oxygen atoms in total. The molecule has 0 spiro atoms. The number of alkyl halides is 1. The molecule has 0 fully saturated rings. The van der Waals surface area contributed by atoms with E-state index in [4.69, 9.17) is 16.3 Å². The van der Waals surface area contributed by atoms with Crippen LogP contribution in [0.1, 0.15) is 11.1 Å². The lowest BCUT2D eigenvalue weighted by Crippen LogP contribution is -2.13. The number of nitrogens with one attached hydrogen (secondary N) is 1. The van der Waals surface area contributed by atoms with Crippen LogP contribution in [-0.4, -0.2) is 45.2 Å². The Morgan fingerprint density at radius 1 is 1.35 bits per heavy atom. The Labute approximate surface area is 153 Å². The summed E-state index contributed by atoms with van der Waals surface area (Å²) in [6.07, 6.45) is 0.732. The van der Waals surface area contributed by atoms with Crippen molar-refractivity contribution in [1.82, 2.24) is 19.7 Å². The molecule has 2 heterocycles. The number of fused-ring (bicyclic) bond motifs is 1. The minimum Gasteiger partial charge on any atom is -0.496 e. The zero-order chi connectivity index (χ0) is 18.7. The molecule has 0 unspecified atom stereocenters. The average molecular weight is 378 g/mol. The monoisotopic (exact) mass is 377 g/mol. The van der Waals surface area contributed by atoms with Crippen molar-refractivity contribution in [2.45, 2.75) is 12.4 Å². The number of aromatic nitrogens is 4. The van der Waals surface area contributed by atoms with Gasteiger partial charge in [-0.05, 0) is 17.7 Å². The number of halogens is 1. The van der Waals surface area contributed by atoms with E-state index in [1.165, 1.54) is 13.3 Å². The standard InChI is InChI=1S/C16H16ClN5O4/c1-25-12-4-3-9(6-17)5-10(12)8-22-13-11(7-18-22)19-15(20-14(13)23)21-16(24)26-2/h3-5,7H,6,8H2,1-2H3,(H2,19,20,21,23,24). The minimum absolute atomic E-state index is 0.0804. The Balaban J connectivity index is 1.98. The van der Waals surface area contributed by atoms with Gasteiger partial charge in [0.2, 0.25) is 11.8 Å². The van der Waals surface area contributed by atoms with E-state index in [9.17, 15) is 9.90 Å². The van der Waals surface area contributed by atoms with Crippen LogP contribution < -0.4 is 10.1 Å². The zero-order valence-electron chi connectivity index (χ0n) is 14.1. The van der Waals surface area contributed by atoms with Crippen molar-refractivity contribution in [1.29, 1.82) is 0 Å². The van der Waals surface area contributed by atoms with Crippen molar-refractivity contribution < 1.29 is 19.4 Å². The molecule has 0 aliphatic rings. The third-order valence-electron chi connectivity index (χ3n) is 3.69. The van der Waals surface area contributed by atoms with Crippen LogP contribution in [0.5, 0.6) is 11.6 Å². The highest BCUT2D eigenvalue weighted by molar-refractivity contribution is 6.17. The van der Waals surface area contributed by atoms with E-state index >= 15 is 0 Å². The van der Waals surface area contributed by atoms with Gasteiger partial charge < -0.3 is 14.6 Å². The Morgan fingerprint density at radius 2 is 2.15 bits per heavy atom. The first-order chi connectivity index (χ1) is 12.5. The number of aromatic hydroxyl groups is 1. The van der Waals surface area contributed by atoms with Crippen LogP contribution in [0.4, 0.5) is 10.7 Å². The number of hydrogen-bond donors (Lipinski definition) is 2. The lowest BCUT2D eigenvalue weighted by Gasteiger charge is -2.11. The fourth-order valence-corrected chi connectivity index (χ4v) is 2.66. The van der Waals surface area contributed by atoms with Gasteiger partial charge >= 0.3 is 6.09 Å². The van der Waals surface area contributed by atoms with Crippen LogP contribution in [0.3, 0.4) is 0 Å². The summed E-state index contributed by atoms with van der Waals surface area (Å²) in [5, 5.41) is 16.8. The average Bonchev–Trinajstić information content (AvgIpc) is 3.04. The summed E-state index contributed by atoms with van der Waals surface area (Å²) in [7, 11) is 2.79. The molecule has 26 heavy (non-hydrogen) atoms. The molecule has 1 amide bonds. The van der Waals surface area contributed by atoms with Crippen molar-refractivity contribution >= 4 is 34.7 Å². The van der Waals surface area contributed by atoms with Gasteiger partial charge in [-0.1, -0.05) is 6.07 Å². The van der Waals surface area contributed by atoms with Gasteiger partial charge in [0.1, 0.15) is 16.8 Å². The quantitative estimate of drug-likeness (QED) is 0.657. The molecule has 2 N–H and O–H groups in total. The lowest BCUT2D eigenvalue weighted by atomic mass is 10.1. The molecule has 0 saturated carbocycles. The van der Waals surface area contributed by atoms with Crippen LogP contribution in [0.2, 0.25) is 0 Å². The Morgan fingerprint density at radius 3 is 2.85 bits per heavy atom. The molecular formula is C16H16ClN5O4. The van der Waals surface area contributed by atoms with Gasteiger partial charge in [-0.3, -0.25) is 10.00 Å². The van der Waals surface area contributed by atoms with E-state index in [2.05, 4.69) is 25.1 Å². The maximum Gasteiger partial charge on any atom is 0.413 e. The van der Waals surface area contributed by atoms with Crippen LogP contribution >= 0.6 is 11.6 Å². The first kappa shape index (κ1) is 17.7. The number of carbonyl (C=O) groups excluding carboxylic acids is 1. The van der Waals surface area contributed by atoms with Crippen LogP contribution in [0.25, 0.3) is 11.0 Å². The smallest absolute Gasteiger partial charge is 0.413 e. The van der Waals surface area contributed by atoms with E-state index in [1.54, 1.807) is 11.8 Å². The molecule has 0 radical (unpaired) electrons. The van der Waals surface area contributed by atoms with E-state index in [1.807, 2.05) is 18.2 Å². The zero-order valence-corrected chi connectivity index (χ0v) is 14.8. The second-order valence-electron chi connectivity index (χ2n) is 5.30. The van der Waals surface area contributed by atoms with Crippen LogP contribution in [0.15, 0.2) is 24.4 Å². The molecule has 10 heteroatoms. The molecule has 3 rings (SSSR count). The highest BCUT2D eigenvalue weighted by atomic mass is 35.5. The predicted molar refractivity (Wildman–Crippen MR) is 94.7 cm³/mol. The fraction of sp³-hybridized carbons (Fsp3) is 0.250. The van der Waals surface area contributed by atoms with E-state index in [0.29, 0.717) is 29.2 Å². The Hall–Kier alpha value is -3.07. The van der Waals surface area contributed by atoms with Gasteiger partial charge in [-0.25, -0.2) is 9.78 Å². The van der Waals surface area contributed by atoms with Crippen molar-refractivity contribution in [3.63, 3.8) is 0 Å². The van der Waals surface area contributed by atoms with Crippen LogP contribution in [-0.2, 0) is 17.2 Å². The SMILES string of the molecule is COC(=O)Nc1nc(O)c2c(cnn2Cc2cc(CCl)ccc2OC)n1. The number of methoxy groups -OCH3 is 2. The number of nitrogens with zero attached hydrogens (tertiary/aromatic N) is 4. The molecule has 1 aromatic carbocycles. The summed E-state index contributed by atoms with van der Waals surface area (Å²) < 4.78 is 11.4. The van der Waals surface area contributed by atoms with Gasteiger partial charge in [0.05, 0.1) is 27.0 Å². The normalized spacial score (nSPS) is 10.7. The number of rotatable bonds is 5. The molecule has 0 aliphatic carbocycles. The lowest BCUT2D eigenvalue weighted by molar-refractivity contribution is 0.186. The molecule has 0 bridgehead atoms. The molecule has 0 atom stereocenters. The molecule has 136 valence electrons. The summed E-state index contributed by atoms with van der Waals surface area (Å²) >= 11 is 5.90. The summed E-state index contributed by atoms with van der Waals surface area (Å²) in [6.45, 7) is 0.318. The first-order valence-corrected chi connectivity index (χ1v) is 8.08. The van der Waals surface area contributed by atoms with Gasteiger partial charge in [0.25, 0.3) is 0 Å². The summed E-state index contributed by atoms with van der Waals surface area (Å²) in [5.74, 6) is 0.648. The van der Waals surface area contributed by atoms with Gasteiger partial charge in [0.15, 0.2) is 0 Å².